The number of hydrogen-bond acceptors (Lipinski definition) is 13. The number of nitrogens with two attached hydrogens (primary N) is 3. The van der Waals surface area contributed by atoms with Gasteiger partial charge in [0.25, 0.3) is 5.91 Å². The fourth-order valence-corrected chi connectivity index (χ4v) is 7.69. The van der Waals surface area contributed by atoms with Crippen LogP contribution in [0.25, 0.3) is 22.5 Å². The number of fused-ring (bicyclic) bond motifs is 5. The van der Waals surface area contributed by atoms with Gasteiger partial charge in [-0.25, -0.2) is 9.97 Å². The van der Waals surface area contributed by atoms with Crippen LogP contribution in [0.2, 0.25) is 0 Å². The van der Waals surface area contributed by atoms with Crippen LogP contribution in [-0.4, -0.2) is 109 Å². The van der Waals surface area contributed by atoms with Gasteiger partial charge >= 0.3 is 0 Å². The molecule has 2 heterocycles. The van der Waals surface area contributed by atoms with E-state index in [1.165, 1.54) is 30.6 Å². The Morgan fingerprint density at radius 2 is 1.60 bits per heavy atom. The molecule has 342 valence electrons. The monoisotopic (exact) mass is 887 g/mol. The Bertz CT molecular complexity index is 2450. The van der Waals surface area contributed by atoms with Crippen LogP contribution in [0.3, 0.4) is 0 Å². The van der Waals surface area contributed by atoms with Gasteiger partial charge in [-0.05, 0) is 86.0 Å². The van der Waals surface area contributed by atoms with Crippen molar-refractivity contribution in [2.24, 2.45) is 17.2 Å². The van der Waals surface area contributed by atoms with Crippen molar-refractivity contribution in [2.45, 2.75) is 76.0 Å². The fraction of sp³-hybridized carbons (Fsp3) is 0.404. The largest absolute Gasteiger partial charge is 0.492 e. The van der Waals surface area contributed by atoms with Crippen molar-refractivity contribution in [1.82, 2.24) is 36.1 Å². The first kappa shape index (κ1) is 47.5. The zero-order valence-electron chi connectivity index (χ0n) is 37.1. The van der Waals surface area contributed by atoms with E-state index in [-0.39, 0.29) is 63.2 Å². The van der Waals surface area contributed by atoms with Crippen LogP contribution >= 0.6 is 0 Å². The maximum Gasteiger partial charge on any atom is 0.255 e. The molecule has 1 aromatic heterocycles. The van der Waals surface area contributed by atoms with E-state index in [9.17, 15) is 24.0 Å². The van der Waals surface area contributed by atoms with Crippen molar-refractivity contribution < 1.29 is 33.4 Å². The van der Waals surface area contributed by atoms with E-state index < -0.39 is 53.7 Å². The smallest absolute Gasteiger partial charge is 0.255 e. The average Bonchev–Trinajstić information content (AvgIpc) is 4.06. The lowest BCUT2D eigenvalue weighted by Crippen LogP contribution is -2.56. The van der Waals surface area contributed by atoms with Gasteiger partial charge in [0.15, 0.2) is 5.82 Å². The van der Waals surface area contributed by atoms with Gasteiger partial charge in [0.2, 0.25) is 23.6 Å². The fourth-order valence-electron chi connectivity index (χ4n) is 7.69. The highest BCUT2D eigenvalue weighted by Gasteiger charge is 2.39. The predicted molar refractivity (Wildman–Crippen MR) is 242 cm³/mol. The van der Waals surface area contributed by atoms with E-state index in [1.807, 2.05) is 18.2 Å². The lowest BCUT2D eigenvalue weighted by Gasteiger charge is -2.32. The first-order chi connectivity index (χ1) is 31.2. The molecule has 4 atom stereocenters. The maximum atomic E-state index is 14.6. The van der Waals surface area contributed by atoms with E-state index in [1.54, 1.807) is 43.3 Å². The first-order valence-electron chi connectivity index (χ1n) is 21.6. The summed E-state index contributed by atoms with van der Waals surface area (Å²) in [6, 6.07) is 15.1. The molecule has 6 rings (SSSR count). The molecule has 3 aromatic carbocycles. The zero-order chi connectivity index (χ0) is 46.8. The molecule has 18 nitrogen and oxygen atoms in total. The predicted octanol–water partition coefficient (Wildman–Crippen LogP) is 1.68. The molecule has 1 fully saturated rings. The standard InChI is InChI=1S/C47H57N11O7/c1-27-35(26-53-41(54-27)30-6-9-32(10-7-30)47(3)14-15-47)43(60)56-36(13-16-48)46(63)58(4)40-31-8-12-39(65-22-19-51)34(25-31)33-23-29(5-11-38(33)64-21-18-50)24-37(44(61)52-20-17-49)57-42(59)28(2)55-45(40)62/h5-12,23,25-26,28,36-37,40H,13-16,18-22,24,48,50-51H2,1-4H3,(H,52,61)(H,55,62)(H,56,60)(H,57,59). The van der Waals surface area contributed by atoms with Crippen molar-refractivity contribution in [3.05, 3.63) is 94.8 Å². The van der Waals surface area contributed by atoms with Crippen LogP contribution in [0.4, 0.5) is 0 Å². The van der Waals surface area contributed by atoms with Gasteiger partial charge in [-0.2, -0.15) is 5.26 Å². The number of carbonyl (C=O) groups excluding carboxylic acids is 5. The minimum atomic E-state index is -1.40. The van der Waals surface area contributed by atoms with Gasteiger partial charge in [-0.3, -0.25) is 24.0 Å². The summed E-state index contributed by atoms with van der Waals surface area (Å²) in [6.07, 6.45) is 3.73. The summed E-state index contributed by atoms with van der Waals surface area (Å²) in [6.45, 7) is 5.74. The van der Waals surface area contributed by atoms with Gasteiger partial charge in [0.05, 0.1) is 17.3 Å². The Labute approximate surface area is 378 Å². The quantitative estimate of drug-likeness (QED) is 0.0790. The molecule has 4 unspecified atom stereocenters. The van der Waals surface area contributed by atoms with Crippen LogP contribution in [0.5, 0.6) is 11.5 Å². The van der Waals surface area contributed by atoms with Crippen molar-refractivity contribution in [3.63, 3.8) is 0 Å². The minimum absolute atomic E-state index is 0.00375. The summed E-state index contributed by atoms with van der Waals surface area (Å²) in [7, 11) is 1.42. The molecule has 0 radical (unpaired) electrons. The molecule has 0 saturated heterocycles. The molecule has 0 spiro atoms. The maximum absolute atomic E-state index is 14.6. The van der Waals surface area contributed by atoms with Crippen LogP contribution in [0, 0.1) is 18.3 Å². The third-order valence-electron chi connectivity index (χ3n) is 11.7. The van der Waals surface area contributed by atoms with Crippen molar-refractivity contribution in [3.8, 4) is 40.1 Å². The summed E-state index contributed by atoms with van der Waals surface area (Å²) in [5.41, 5.74) is 22.4. The number of benzene rings is 3. The Morgan fingerprint density at radius 3 is 2.22 bits per heavy atom. The number of ether oxygens (including phenoxy) is 2. The molecule has 5 amide bonds. The van der Waals surface area contributed by atoms with Gasteiger partial charge in [-0.1, -0.05) is 43.3 Å². The third-order valence-corrected chi connectivity index (χ3v) is 11.7. The molecule has 4 bridgehead atoms. The van der Waals surface area contributed by atoms with Crippen LogP contribution < -0.4 is 47.9 Å². The summed E-state index contributed by atoms with van der Waals surface area (Å²) in [4.78, 5) is 80.4. The van der Waals surface area contributed by atoms with Gasteiger partial charge < -0.3 is 52.8 Å². The van der Waals surface area contributed by atoms with E-state index in [2.05, 4.69) is 50.3 Å². The van der Waals surface area contributed by atoms with Crippen molar-refractivity contribution >= 4 is 29.5 Å². The summed E-state index contributed by atoms with van der Waals surface area (Å²) in [5.74, 6) is -2.12. The van der Waals surface area contributed by atoms with Crippen LogP contribution in [0.15, 0.2) is 66.9 Å². The third kappa shape index (κ3) is 11.2. The molecule has 4 aromatic rings. The van der Waals surface area contributed by atoms with Crippen LogP contribution in [0.1, 0.15) is 71.9 Å². The summed E-state index contributed by atoms with van der Waals surface area (Å²) in [5, 5.41) is 19.9. The minimum Gasteiger partial charge on any atom is -0.492 e. The molecule has 2 aliphatic rings. The number of likely N-dealkylation sites (N-methyl/N-ethyl adjacent to an activating group) is 1. The van der Waals surface area contributed by atoms with Crippen LogP contribution in [-0.2, 0) is 31.0 Å². The highest BCUT2D eigenvalue weighted by Crippen LogP contribution is 2.47. The Hall–Kier alpha value is -6.94. The molecule has 1 saturated carbocycles. The average molecular weight is 888 g/mol. The number of nitrogens with zero attached hydrogens (tertiary/aromatic N) is 4. The van der Waals surface area contributed by atoms with Crippen molar-refractivity contribution in [1.29, 1.82) is 5.26 Å². The summed E-state index contributed by atoms with van der Waals surface area (Å²) >= 11 is 0. The number of rotatable bonds is 16. The number of amides is 5. The molecule has 1 aliphatic heterocycles. The van der Waals surface area contributed by atoms with E-state index in [0.717, 1.165) is 18.4 Å². The Morgan fingerprint density at radius 1 is 0.938 bits per heavy atom. The highest BCUT2D eigenvalue weighted by molar-refractivity contribution is 6.00. The van der Waals surface area contributed by atoms with E-state index >= 15 is 0 Å². The Kier molecular flexibility index (Phi) is 15.5. The number of nitriles is 1. The molecule has 65 heavy (non-hydrogen) atoms. The number of hydrogen-bond donors (Lipinski definition) is 7. The van der Waals surface area contributed by atoms with Gasteiger partial charge in [0, 0.05) is 49.4 Å². The van der Waals surface area contributed by atoms with Gasteiger partial charge in [0.1, 0.15) is 55.4 Å². The van der Waals surface area contributed by atoms with E-state index in [0.29, 0.717) is 45.3 Å². The number of carbonyl (C=O) groups is 5. The summed E-state index contributed by atoms with van der Waals surface area (Å²) < 4.78 is 12.2. The van der Waals surface area contributed by atoms with E-state index in [4.69, 9.17) is 31.9 Å². The molecule has 18 heteroatoms. The lowest BCUT2D eigenvalue weighted by atomic mass is 9.93. The normalized spacial score (nSPS) is 18.1. The zero-order valence-corrected chi connectivity index (χ0v) is 37.1. The second kappa shape index (κ2) is 21.2. The number of nitrogens with one attached hydrogen (secondary N) is 4. The second-order valence-electron chi connectivity index (χ2n) is 16.5. The topological polar surface area (TPSA) is 283 Å². The Balaban J connectivity index is 1.36. The first-order valence-corrected chi connectivity index (χ1v) is 21.6. The lowest BCUT2D eigenvalue weighted by molar-refractivity contribution is -0.141. The number of aromatic nitrogens is 2. The van der Waals surface area contributed by atoms with Gasteiger partial charge in [-0.15, -0.1) is 0 Å². The van der Waals surface area contributed by atoms with Crippen molar-refractivity contribution in [2.75, 3.05) is 46.4 Å². The molecule has 10 N–H and O–H groups in total. The highest BCUT2D eigenvalue weighted by atomic mass is 16.5. The second-order valence-corrected chi connectivity index (χ2v) is 16.5. The molecular formula is C47H57N11O7. The SMILES string of the molecule is Cc1nc(-c2ccc(C3(C)CC3)cc2)ncc1C(=O)NC(CCN)C(=O)N(C)C1C(=O)NC(C)C(=O)NC(C(=O)NCC#N)Cc2ccc(OCCN)c(c2)-c2cc1ccc2OCCN. The number of aryl methyl sites for hydroxylation is 1. The molecular weight excluding hydrogens is 831 g/mol. The molecule has 1 aliphatic carbocycles.